The van der Waals surface area contributed by atoms with Crippen LogP contribution in [-0.2, 0) is 4.74 Å². The number of hydrogen-bond acceptors (Lipinski definition) is 3. The minimum absolute atomic E-state index is 0.0613. The second-order valence-corrected chi connectivity index (χ2v) is 5.55. The van der Waals surface area contributed by atoms with Crippen LogP contribution >= 0.6 is 0 Å². The third kappa shape index (κ3) is 3.01. The van der Waals surface area contributed by atoms with Crippen LogP contribution in [0.3, 0.4) is 0 Å². The molecule has 1 amide bonds. The average molecular weight is 303 g/mol. The Kier molecular flexibility index (Phi) is 4.20. The van der Waals surface area contributed by atoms with Crippen molar-refractivity contribution in [3.8, 4) is 0 Å². The monoisotopic (exact) mass is 303 g/mol. The molecule has 5 nitrogen and oxygen atoms in total. The molecule has 2 heterocycles. The van der Waals surface area contributed by atoms with Crippen LogP contribution in [0, 0.1) is 18.7 Å². The van der Waals surface area contributed by atoms with E-state index in [0.29, 0.717) is 24.3 Å². The van der Waals surface area contributed by atoms with Gasteiger partial charge in [0.25, 0.3) is 5.91 Å². The Bertz CT molecular complexity index is 657. The lowest BCUT2D eigenvalue weighted by Crippen LogP contribution is -2.30. The summed E-state index contributed by atoms with van der Waals surface area (Å²) in [5, 5.41) is 9.56. The number of aryl methyl sites for hydroxylation is 1. The number of hydrogen-bond donors (Lipinski definition) is 2. The Balaban J connectivity index is 1.61. The van der Waals surface area contributed by atoms with E-state index in [-0.39, 0.29) is 23.7 Å². The van der Waals surface area contributed by atoms with Crippen LogP contribution in [0.4, 0.5) is 4.39 Å². The van der Waals surface area contributed by atoms with Crippen molar-refractivity contribution < 1.29 is 13.9 Å². The number of carbonyl (C=O) groups is 1. The van der Waals surface area contributed by atoms with Crippen LogP contribution in [0.15, 0.2) is 30.6 Å². The van der Waals surface area contributed by atoms with Gasteiger partial charge in [0.2, 0.25) is 0 Å². The van der Waals surface area contributed by atoms with Crippen molar-refractivity contribution in [3.05, 3.63) is 53.1 Å². The van der Waals surface area contributed by atoms with Gasteiger partial charge in [-0.25, -0.2) is 4.39 Å². The molecular weight excluding hydrogens is 285 g/mol. The summed E-state index contributed by atoms with van der Waals surface area (Å²) in [7, 11) is 0. The zero-order chi connectivity index (χ0) is 15.5. The number of carbonyl (C=O) groups excluding carboxylic acids is 1. The molecule has 1 aromatic heterocycles. The van der Waals surface area contributed by atoms with Crippen LogP contribution in [-0.4, -0.2) is 29.3 Å². The van der Waals surface area contributed by atoms with E-state index in [1.807, 2.05) is 0 Å². The first-order chi connectivity index (χ1) is 10.6. The molecule has 2 atom stereocenters. The topological polar surface area (TPSA) is 67.0 Å². The van der Waals surface area contributed by atoms with Gasteiger partial charge in [-0.3, -0.25) is 9.89 Å². The number of nitrogens with zero attached hydrogens (tertiary/aromatic N) is 1. The standard InChI is InChI=1S/C16H18FN3O2/c1-10-2-3-11(6-14(10)17)16(21)18-7-12-4-5-22-15(12)13-8-19-20-9-13/h2-3,6,8-9,12,15H,4-5,7H2,1H3,(H,18,21)(H,19,20)/t12-,15+/m1/s1. The smallest absolute Gasteiger partial charge is 0.251 e. The molecular formula is C16H18FN3O2. The second-order valence-electron chi connectivity index (χ2n) is 5.55. The lowest BCUT2D eigenvalue weighted by Gasteiger charge is -2.17. The number of aromatic nitrogens is 2. The lowest BCUT2D eigenvalue weighted by molar-refractivity contribution is 0.0846. The normalized spacial score (nSPS) is 21.0. The molecule has 1 aliphatic heterocycles. The molecule has 22 heavy (non-hydrogen) atoms. The van der Waals surface area contributed by atoms with Gasteiger partial charge in [0.1, 0.15) is 5.82 Å². The third-order valence-corrected chi connectivity index (χ3v) is 4.02. The molecule has 0 radical (unpaired) electrons. The number of ether oxygens (including phenoxy) is 1. The Labute approximate surface area is 127 Å². The van der Waals surface area contributed by atoms with Crippen molar-refractivity contribution in [2.75, 3.05) is 13.2 Å². The Morgan fingerprint density at radius 3 is 3.14 bits per heavy atom. The van der Waals surface area contributed by atoms with Crippen molar-refractivity contribution in [1.29, 1.82) is 0 Å². The van der Waals surface area contributed by atoms with Gasteiger partial charge >= 0.3 is 0 Å². The van der Waals surface area contributed by atoms with E-state index in [1.165, 1.54) is 6.07 Å². The number of nitrogens with one attached hydrogen (secondary N) is 2. The van der Waals surface area contributed by atoms with Gasteiger partial charge in [-0.05, 0) is 31.0 Å². The summed E-state index contributed by atoms with van der Waals surface area (Å²) in [4.78, 5) is 12.1. The van der Waals surface area contributed by atoms with Gasteiger partial charge in [0, 0.05) is 36.4 Å². The van der Waals surface area contributed by atoms with Crippen molar-refractivity contribution in [2.45, 2.75) is 19.4 Å². The van der Waals surface area contributed by atoms with Crippen LogP contribution in [0.5, 0.6) is 0 Å². The molecule has 116 valence electrons. The molecule has 1 aromatic carbocycles. The second kappa shape index (κ2) is 6.27. The fraction of sp³-hybridized carbons (Fsp3) is 0.375. The van der Waals surface area contributed by atoms with E-state index >= 15 is 0 Å². The highest BCUT2D eigenvalue weighted by Gasteiger charge is 2.30. The summed E-state index contributed by atoms with van der Waals surface area (Å²) in [5.41, 5.74) is 1.85. The van der Waals surface area contributed by atoms with E-state index in [4.69, 9.17) is 4.74 Å². The van der Waals surface area contributed by atoms with E-state index < -0.39 is 0 Å². The molecule has 0 unspecified atom stereocenters. The Morgan fingerprint density at radius 2 is 2.41 bits per heavy atom. The van der Waals surface area contributed by atoms with Crippen LogP contribution in [0.1, 0.15) is 34.0 Å². The van der Waals surface area contributed by atoms with Crippen molar-refractivity contribution >= 4 is 5.91 Å². The minimum Gasteiger partial charge on any atom is -0.373 e. The zero-order valence-corrected chi connectivity index (χ0v) is 12.3. The molecule has 1 fully saturated rings. The molecule has 2 aromatic rings. The molecule has 0 saturated carbocycles. The highest BCUT2D eigenvalue weighted by atomic mass is 19.1. The zero-order valence-electron chi connectivity index (χ0n) is 12.3. The molecule has 1 saturated heterocycles. The summed E-state index contributed by atoms with van der Waals surface area (Å²) in [6, 6.07) is 4.51. The van der Waals surface area contributed by atoms with Crippen LogP contribution < -0.4 is 5.32 Å². The van der Waals surface area contributed by atoms with Crippen molar-refractivity contribution in [3.63, 3.8) is 0 Å². The van der Waals surface area contributed by atoms with Gasteiger partial charge in [-0.1, -0.05) is 6.07 Å². The number of amides is 1. The highest BCUT2D eigenvalue weighted by molar-refractivity contribution is 5.94. The maximum atomic E-state index is 13.5. The van der Waals surface area contributed by atoms with Crippen LogP contribution in [0.2, 0.25) is 0 Å². The first-order valence-corrected chi connectivity index (χ1v) is 7.30. The Morgan fingerprint density at radius 1 is 1.55 bits per heavy atom. The molecule has 0 spiro atoms. The first-order valence-electron chi connectivity index (χ1n) is 7.30. The molecule has 3 rings (SSSR count). The van der Waals surface area contributed by atoms with Crippen molar-refractivity contribution in [1.82, 2.24) is 15.5 Å². The molecule has 1 aliphatic rings. The van der Waals surface area contributed by atoms with Gasteiger partial charge in [-0.2, -0.15) is 5.10 Å². The average Bonchev–Trinajstić information content (AvgIpc) is 3.17. The number of halogens is 1. The molecule has 6 heteroatoms. The van der Waals surface area contributed by atoms with Gasteiger partial charge in [-0.15, -0.1) is 0 Å². The van der Waals surface area contributed by atoms with Gasteiger partial charge in [0.05, 0.1) is 12.3 Å². The maximum Gasteiger partial charge on any atom is 0.251 e. The third-order valence-electron chi connectivity index (χ3n) is 4.02. The van der Waals surface area contributed by atoms with E-state index in [2.05, 4.69) is 15.5 Å². The fourth-order valence-corrected chi connectivity index (χ4v) is 2.69. The van der Waals surface area contributed by atoms with Crippen LogP contribution in [0.25, 0.3) is 0 Å². The lowest BCUT2D eigenvalue weighted by atomic mass is 9.97. The summed E-state index contributed by atoms with van der Waals surface area (Å²) in [6.45, 7) is 2.82. The molecule has 0 bridgehead atoms. The van der Waals surface area contributed by atoms with Gasteiger partial charge in [0.15, 0.2) is 0 Å². The van der Waals surface area contributed by atoms with E-state index in [9.17, 15) is 9.18 Å². The predicted octanol–water partition coefficient (Wildman–Crippen LogP) is 2.36. The number of H-pyrrole nitrogens is 1. The number of benzene rings is 1. The molecule has 0 aliphatic carbocycles. The summed E-state index contributed by atoms with van der Waals surface area (Å²) >= 11 is 0. The number of aromatic amines is 1. The minimum atomic E-state index is -0.367. The Hall–Kier alpha value is -2.21. The van der Waals surface area contributed by atoms with E-state index in [0.717, 1.165) is 12.0 Å². The predicted molar refractivity (Wildman–Crippen MR) is 78.9 cm³/mol. The van der Waals surface area contributed by atoms with Crippen molar-refractivity contribution in [2.24, 2.45) is 5.92 Å². The maximum absolute atomic E-state index is 13.5. The SMILES string of the molecule is Cc1ccc(C(=O)NC[C@H]2CCO[C@@H]2c2cn[nH]c2)cc1F. The van der Waals surface area contributed by atoms with E-state index in [1.54, 1.807) is 31.5 Å². The fourth-order valence-electron chi connectivity index (χ4n) is 2.69. The summed E-state index contributed by atoms with van der Waals surface area (Å²) < 4.78 is 19.2. The highest BCUT2D eigenvalue weighted by Crippen LogP contribution is 2.33. The summed E-state index contributed by atoms with van der Waals surface area (Å²) in [6.07, 6.45) is 4.35. The summed E-state index contributed by atoms with van der Waals surface area (Å²) in [5.74, 6) is -0.443. The quantitative estimate of drug-likeness (QED) is 0.911. The van der Waals surface area contributed by atoms with Gasteiger partial charge < -0.3 is 10.1 Å². The number of rotatable bonds is 4. The molecule has 2 N–H and O–H groups in total. The first kappa shape index (κ1) is 14.7. The largest absolute Gasteiger partial charge is 0.373 e.